The van der Waals surface area contributed by atoms with E-state index in [2.05, 4.69) is 28.9 Å². The molecule has 0 spiro atoms. The van der Waals surface area contributed by atoms with Gasteiger partial charge in [-0.15, -0.1) is 0 Å². The number of aromatic nitrogens is 2. The number of hydrogen-bond donors (Lipinski definition) is 2. The first kappa shape index (κ1) is 18.4. The van der Waals surface area contributed by atoms with Gasteiger partial charge in [-0.25, -0.2) is 9.89 Å². The highest BCUT2D eigenvalue weighted by Gasteiger charge is 2.23. The van der Waals surface area contributed by atoms with Crippen LogP contribution >= 0.6 is 0 Å². The third-order valence-corrected chi connectivity index (χ3v) is 4.56. The third kappa shape index (κ3) is 4.23. The largest absolute Gasteiger partial charge is 0.477 e. The molecule has 1 fully saturated rings. The number of H-pyrrole nitrogens is 1. The van der Waals surface area contributed by atoms with E-state index in [1.54, 1.807) is 0 Å². The molecule has 1 aromatic carbocycles. The number of ether oxygens (including phenoxy) is 2. The molecule has 1 aliphatic heterocycles. The highest BCUT2D eigenvalue weighted by molar-refractivity contribution is 5.97. The number of carboxylic acid groups (broad SMARTS) is 1. The number of aromatic carboxylic acids is 1. The summed E-state index contributed by atoms with van der Waals surface area (Å²) in [7, 11) is 0. The summed E-state index contributed by atoms with van der Waals surface area (Å²) < 4.78 is 11.0. The summed E-state index contributed by atoms with van der Waals surface area (Å²) in [6.45, 7) is 8.53. The molecule has 1 aromatic heterocycles. The van der Waals surface area contributed by atoms with Crippen LogP contribution in [0.15, 0.2) is 24.3 Å². The topological polar surface area (TPSA) is 87.7 Å². The number of morpholine rings is 1. The Bertz CT molecular complexity index is 734. The summed E-state index contributed by atoms with van der Waals surface area (Å²) in [6.07, 6.45) is 0. The Morgan fingerprint density at radius 2 is 2.00 bits per heavy atom. The van der Waals surface area contributed by atoms with Crippen molar-refractivity contribution in [2.45, 2.75) is 19.8 Å². The zero-order valence-corrected chi connectivity index (χ0v) is 15.2. The zero-order valence-electron chi connectivity index (χ0n) is 15.2. The number of hydrogen-bond acceptors (Lipinski definition) is 5. The van der Waals surface area contributed by atoms with Gasteiger partial charge < -0.3 is 14.6 Å². The number of nitrogens with one attached hydrogen (secondary N) is 1. The van der Waals surface area contributed by atoms with Crippen molar-refractivity contribution < 1.29 is 19.4 Å². The number of nitrogens with zero attached hydrogens (tertiary/aromatic N) is 2. The number of carbonyl (C=O) groups is 1. The van der Waals surface area contributed by atoms with Crippen LogP contribution in [0.25, 0.3) is 11.3 Å². The maximum atomic E-state index is 11.8. The second kappa shape index (κ2) is 8.33. The highest BCUT2D eigenvalue weighted by Crippen LogP contribution is 2.29. The lowest BCUT2D eigenvalue weighted by atomic mass is 10.00. The Morgan fingerprint density at radius 1 is 1.31 bits per heavy atom. The summed E-state index contributed by atoms with van der Waals surface area (Å²) in [5.74, 6) is -0.432. The van der Waals surface area contributed by atoms with Crippen molar-refractivity contribution in [3.8, 4) is 17.1 Å². The van der Waals surface area contributed by atoms with E-state index >= 15 is 0 Å². The summed E-state index contributed by atoms with van der Waals surface area (Å²) in [6, 6.07) is 7.80. The molecule has 2 aromatic rings. The number of carboxylic acids is 1. The highest BCUT2D eigenvalue weighted by atomic mass is 16.5. The normalized spacial score (nSPS) is 15.3. The van der Waals surface area contributed by atoms with Crippen molar-refractivity contribution in [1.29, 1.82) is 0 Å². The van der Waals surface area contributed by atoms with Crippen LogP contribution in [-0.2, 0) is 4.74 Å². The molecule has 0 amide bonds. The van der Waals surface area contributed by atoms with Crippen LogP contribution in [0.4, 0.5) is 0 Å². The van der Waals surface area contributed by atoms with E-state index in [1.807, 2.05) is 24.3 Å². The van der Waals surface area contributed by atoms with Gasteiger partial charge in [-0.2, -0.15) is 5.10 Å². The number of rotatable bonds is 7. The van der Waals surface area contributed by atoms with Gasteiger partial charge in [0.15, 0.2) is 0 Å². The van der Waals surface area contributed by atoms with Crippen LogP contribution < -0.4 is 4.74 Å². The predicted octanol–water partition coefficient (Wildman–Crippen LogP) is 2.61. The van der Waals surface area contributed by atoms with E-state index in [0.717, 1.165) is 38.4 Å². The fraction of sp³-hybridized carbons (Fsp3) is 0.474. The summed E-state index contributed by atoms with van der Waals surface area (Å²) >= 11 is 0. The minimum absolute atomic E-state index is 0.0734. The quantitative estimate of drug-likeness (QED) is 0.790. The second-order valence-corrected chi connectivity index (χ2v) is 6.66. The molecule has 2 heterocycles. The standard InChI is InChI=1S/C19H25N3O4/c1-13(2)14-3-5-15(6-4-14)17-16(19(23)24)18(21-20-17)26-12-9-22-7-10-25-11-8-22/h3-6,13H,7-12H2,1-2H3,(H,20,21)(H,23,24). The first-order chi connectivity index (χ1) is 12.6. The van der Waals surface area contributed by atoms with Crippen LogP contribution in [-0.4, -0.2) is 65.6 Å². The Balaban J connectivity index is 1.72. The van der Waals surface area contributed by atoms with Gasteiger partial charge in [-0.05, 0) is 11.5 Å². The molecular weight excluding hydrogens is 334 g/mol. The second-order valence-electron chi connectivity index (χ2n) is 6.66. The molecule has 7 heteroatoms. The van der Waals surface area contributed by atoms with Crippen molar-refractivity contribution in [3.05, 3.63) is 35.4 Å². The maximum absolute atomic E-state index is 11.8. The van der Waals surface area contributed by atoms with Crippen molar-refractivity contribution in [2.75, 3.05) is 39.5 Å². The Labute approximate surface area is 152 Å². The van der Waals surface area contributed by atoms with Crippen LogP contribution in [0.2, 0.25) is 0 Å². The molecule has 0 bridgehead atoms. The number of benzene rings is 1. The van der Waals surface area contributed by atoms with E-state index in [-0.39, 0.29) is 11.4 Å². The molecule has 0 atom stereocenters. The summed E-state index contributed by atoms with van der Waals surface area (Å²) in [4.78, 5) is 14.0. The van der Waals surface area contributed by atoms with Gasteiger partial charge in [0, 0.05) is 25.2 Å². The molecule has 0 saturated carbocycles. The molecule has 0 unspecified atom stereocenters. The molecular formula is C19H25N3O4. The van der Waals surface area contributed by atoms with E-state index < -0.39 is 5.97 Å². The Hall–Kier alpha value is -2.38. The lowest BCUT2D eigenvalue weighted by molar-refractivity contribution is 0.0319. The average molecular weight is 359 g/mol. The number of aromatic amines is 1. The molecule has 0 radical (unpaired) electrons. The third-order valence-electron chi connectivity index (χ3n) is 4.56. The molecule has 140 valence electrons. The fourth-order valence-corrected chi connectivity index (χ4v) is 2.97. The van der Waals surface area contributed by atoms with Crippen molar-refractivity contribution >= 4 is 5.97 Å². The van der Waals surface area contributed by atoms with Gasteiger partial charge >= 0.3 is 5.97 Å². The van der Waals surface area contributed by atoms with Crippen LogP contribution in [0, 0.1) is 0 Å². The van der Waals surface area contributed by atoms with E-state index in [4.69, 9.17) is 9.47 Å². The predicted molar refractivity (Wildman–Crippen MR) is 97.8 cm³/mol. The van der Waals surface area contributed by atoms with Crippen LogP contribution in [0.5, 0.6) is 5.88 Å². The van der Waals surface area contributed by atoms with Crippen molar-refractivity contribution in [1.82, 2.24) is 15.1 Å². The molecule has 2 N–H and O–H groups in total. The first-order valence-corrected chi connectivity index (χ1v) is 8.91. The molecule has 0 aliphatic carbocycles. The first-order valence-electron chi connectivity index (χ1n) is 8.91. The molecule has 26 heavy (non-hydrogen) atoms. The Kier molecular flexibility index (Phi) is 5.90. The van der Waals surface area contributed by atoms with E-state index in [9.17, 15) is 9.90 Å². The smallest absolute Gasteiger partial charge is 0.343 e. The van der Waals surface area contributed by atoms with Gasteiger partial charge in [0.25, 0.3) is 0 Å². The van der Waals surface area contributed by atoms with Gasteiger partial charge in [-0.1, -0.05) is 38.1 Å². The lowest BCUT2D eigenvalue weighted by Gasteiger charge is -2.26. The van der Waals surface area contributed by atoms with E-state index in [1.165, 1.54) is 5.56 Å². The van der Waals surface area contributed by atoms with Gasteiger partial charge in [0.05, 0.1) is 13.2 Å². The lowest BCUT2D eigenvalue weighted by Crippen LogP contribution is -2.38. The Morgan fingerprint density at radius 3 is 2.62 bits per heavy atom. The molecule has 7 nitrogen and oxygen atoms in total. The molecule has 1 saturated heterocycles. The molecule has 3 rings (SSSR count). The maximum Gasteiger partial charge on any atom is 0.343 e. The monoisotopic (exact) mass is 359 g/mol. The van der Waals surface area contributed by atoms with Crippen molar-refractivity contribution in [3.63, 3.8) is 0 Å². The SMILES string of the molecule is CC(C)c1ccc(-c2n[nH]c(OCCN3CCOCC3)c2C(=O)O)cc1. The van der Waals surface area contributed by atoms with Crippen LogP contribution in [0.1, 0.15) is 35.7 Å². The summed E-state index contributed by atoms with van der Waals surface area (Å²) in [5.41, 5.74) is 2.42. The average Bonchev–Trinajstić information content (AvgIpc) is 3.07. The zero-order chi connectivity index (χ0) is 18.5. The van der Waals surface area contributed by atoms with Gasteiger partial charge in [-0.3, -0.25) is 4.90 Å². The van der Waals surface area contributed by atoms with Gasteiger partial charge in [0.1, 0.15) is 17.9 Å². The minimum Gasteiger partial charge on any atom is -0.477 e. The molecule has 1 aliphatic rings. The fourth-order valence-electron chi connectivity index (χ4n) is 2.97. The minimum atomic E-state index is -1.05. The van der Waals surface area contributed by atoms with Crippen LogP contribution in [0.3, 0.4) is 0 Å². The summed E-state index contributed by atoms with van der Waals surface area (Å²) in [5, 5.41) is 16.5. The van der Waals surface area contributed by atoms with E-state index in [0.29, 0.717) is 18.2 Å². The van der Waals surface area contributed by atoms with Crippen molar-refractivity contribution in [2.24, 2.45) is 0 Å². The van der Waals surface area contributed by atoms with Gasteiger partial charge in [0.2, 0.25) is 5.88 Å².